The summed E-state index contributed by atoms with van der Waals surface area (Å²) in [6.45, 7) is 4.50. The number of rotatable bonds is 4. The van der Waals surface area contributed by atoms with Gasteiger partial charge in [-0.25, -0.2) is 8.42 Å². The molecule has 1 amide bonds. The van der Waals surface area contributed by atoms with Crippen molar-refractivity contribution in [2.75, 3.05) is 29.4 Å². The van der Waals surface area contributed by atoms with Crippen LogP contribution in [0.15, 0.2) is 65.6 Å². The van der Waals surface area contributed by atoms with Crippen LogP contribution in [0.2, 0.25) is 0 Å². The molecule has 1 unspecified atom stereocenters. The molecule has 1 N–H and O–H groups in total. The van der Waals surface area contributed by atoms with Gasteiger partial charge in [-0.15, -0.1) is 0 Å². The number of ether oxygens (including phenoxy) is 3. The molecule has 0 saturated heterocycles. The van der Waals surface area contributed by atoms with E-state index in [1.807, 2.05) is 19.9 Å². The number of hydrogen-bond donors (Lipinski definition) is 1. The summed E-state index contributed by atoms with van der Waals surface area (Å²) >= 11 is 0. The average molecular weight is 481 g/mol. The van der Waals surface area contributed by atoms with Crippen LogP contribution in [0.4, 0.5) is 11.4 Å². The highest BCUT2D eigenvalue weighted by molar-refractivity contribution is 7.92. The summed E-state index contributed by atoms with van der Waals surface area (Å²) in [7, 11) is -3.92. The Labute approximate surface area is 198 Å². The molecule has 9 heteroatoms. The molecule has 0 saturated carbocycles. The number of nitrogens with zero attached hydrogens (tertiary/aromatic N) is 1. The fourth-order valence-corrected chi connectivity index (χ4v) is 5.38. The minimum Gasteiger partial charge on any atom is -0.486 e. The highest BCUT2D eigenvalue weighted by atomic mass is 32.2. The van der Waals surface area contributed by atoms with Gasteiger partial charge in [0.1, 0.15) is 19.0 Å². The number of fused-ring (bicyclic) bond motifs is 2. The molecule has 176 valence electrons. The van der Waals surface area contributed by atoms with E-state index in [0.717, 1.165) is 11.1 Å². The first-order chi connectivity index (χ1) is 16.3. The topological polar surface area (TPSA) is 94.2 Å². The molecular formula is C25H24N2O6S. The maximum atomic E-state index is 13.5. The first-order valence-corrected chi connectivity index (χ1v) is 12.3. The van der Waals surface area contributed by atoms with Crippen LogP contribution in [0.3, 0.4) is 0 Å². The molecule has 0 radical (unpaired) electrons. The molecule has 0 bridgehead atoms. The van der Waals surface area contributed by atoms with Gasteiger partial charge in [0.2, 0.25) is 0 Å². The van der Waals surface area contributed by atoms with Crippen molar-refractivity contribution in [3.63, 3.8) is 0 Å². The van der Waals surface area contributed by atoms with E-state index in [4.69, 9.17) is 14.2 Å². The van der Waals surface area contributed by atoms with Crippen LogP contribution >= 0.6 is 0 Å². The van der Waals surface area contributed by atoms with Gasteiger partial charge in [-0.2, -0.15) is 0 Å². The standard InChI is InChI=1S/C25H24N2O6S/c1-16-3-7-19(8-4-16)34(29,30)27-15-24(33-22-13-17(2)5-9-20(22)27)25(28)26-18-6-10-21-23(14-18)32-12-11-31-21/h3-10,13-14,24H,11-12,15H2,1-2H3,(H,26,28). The van der Waals surface area contributed by atoms with Gasteiger partial charge in [-0.3, -0.25) is 9.10 Å². The lowest BCUT2D eigenvalue weighted by Gasteiger charge is -2.35. The molecule has 3 aromatic carbocycles. The van der Waals surface area contributed by atoms with Crippen molar-refractivity contribution >= 4 is 27.3 Å². The fraction of sp³-hybridized carbons (Fsp3) is 0.240. The molecule has 0 aliphatic carbocycles. The Morgan fingerprint density at radius 1 is 0.882 bits per heavy atom. The maximum Gasteiger partial charge on any atom is 0.267 e. The van der Waals surface area contributed by atoms with Gasteiger partial charge in [0.15, 0.2) is 17.6 Å². The Morgan fingerprint density at radius 2 is 1.59 bits per heavy atom. The quantitative estimate of drug-likeness (QED) is 0.612. The minimum absolute atomic E-state index is 0.150. The van der Waals surface area contributed by atoms with Crippen molar-refractivity contribution in [2.24, 2.45) is 0 Å². The van der Waals surface area contributed by atoms with Gasteiger partial charge in [0.05, 0.1) is 17.1 Å². The highest BCUT2D eigenvalue weighted by Gasteiger charge is 2.37. The first-order valence-electron chi connectivity index (χ1n) is 10.9. The number of hydrogen-bond acceptors (Lipinski definition) is 6. The third kappa shape index (κ3) is 4.14. The van der Waals surface area contributed by atoms with E-state index in [9.17, 15) is 13.2 Å². The molecule has 0 spiro atoms. The van der Waals surface area contributed by atoms with Crippen molar-refractivity contribution < 1.29 is 27.4 Å². The summed E-state index contributed by atoms with van der Waals surface area (Å²) in [5.41, 5.74) is 2.74. The van der Waals surface area contributed by atoms with E-state index in [1.54, 1.807) is 54.6 Å². The zero-order chi connectivity index (χ0) is 23.9. The number of amides is 1. The molecule has 3 aromatic rings. The second-order valence-electron chi connectivity index (χ2n) is 8.27. The Hall–Kier alpha value is -3.72. The lowest BCUT2D eigenvalue weighted by atomic mass is 10.1. The predicted molar refractivity (Wildman–Crippen MR) is 127 cm³/mol. The number of benzene rings is 3. The summed E-state index contributed by atoms with van der Waals surface area (Å²) < 4.78 is 45.4. The lowest BCUT2D eigenvalue weighted by Crippen LogP contribution is -2.48. The Kier molecular flexibility index (Phi) is 5.57. The highest BCUT2D eigenvalue weighted by Crippen LogP contribution is 2.38. The smallest absolute Gasteiger partial charge is 0.267 e. The molecule has 2 heterocycles. The number of anilines is 2. The van der Waals surface area contributed by atoms with Gasteiger partial charge >= 0.3 is 0 Å². The molecule has 0 aromatic heterocycles. The second kappa shape index (κ2) is 8.57. The Balaban J connectivity index is 1.45. The van der Waals surface area contributed by atoms with Gasteiger partial charge in [-0.1, -0.05) is 23.8 Å². The summed E-state index contributed by atoms with van der Waals surface area (Å²) in [6.07, 6.45) is -1.05. The van der Waals surface area contributed by atoms with E-state index < -0.39 is 22.0 Å². The Bertz CT molecular complexity index is 1350. The lowest BCUT2D eigenvalue weighted by molar-refractivity contribution is -0.122. The zero-order valence-electron chi connectivity index (χ0n) is 18.8. The van der Waals surface area contributed by atoms with Crippen LogP contribution < -0.4 is 23.8 Å². The molecule has 34 heavy (non-hydrogen) atoms. The third-order valence-electron chi connectivity index (χ3n) is 5.70. The van der Waals surface area contributed by atoms with E-state index >= 15 is 0 Å². The zero-order valence-corrected chi connectivity index (χ0v) is 19.6. The molecule has 2 aliphatic heterocycles. The number of nitrogens with one attached hydrogen (secondary N) is 1. The van der Waals surface area contributed by atoms with Gasteiger partial charge in [0.25, 0.3) is 15.9 Å². The molecular weight excluding hydrogens is 456 g/mol. The van der Waals surface area contributed by atoms with Crippen molar-refractivity contribution in [3.05, 3.63) is 71.8 Å². The van der Waals surface area contributed by atoms with Gasteiger partial charge in [-0.05, 0) is 55.8 Å². The molecule has 5 rings (SSSR count). The van der Waals surface area contributed by atoms with E-state index in [1.165, 1.54) is 4.31 Å². The first kappa shape index (κ1) is 22.1. The molecule has 8 nitrogen and oxygen atoms in total. The number of carbonyl (C=O) groups excluding carboxylic acids is 1. The maximum absolute atomic E-state index is 13.5. The van der Waals surface area contributed by atoms with Crippen LogP contribution in [0.5, 0.6) is 17.2 Å². The Morgan fingerprint density at radius 3 is 2.35 bits per heavy atom. The molecule has 0 fully saturated rings. The van der Waals surface area contributed by atoms with Crippen LogP contribution in [-0.4, -0.2) is 40.2 Å². The number of carbonyl (C=O) groups is 1. The normalized spacial score (nSPS) is 16.9. The van der Waals surface area contributed by atoms with Gasteiger partial charge in [0, 0.05) is 11.8 Å². The van der Waals surface area contributed by atoms with Crippen LogP contribution in [-0.2, 0) is 14.8 Å². The van der Waals surface area contributed by atoms with E-state index in [-0.39, 0.29) is 11.4 Å². The van der Waals surface area contributed by atoms with Crippen molar-refractivity contribution in [1.29, 1.82) is 0 Å². The number of aryl methyl sites for hydroxylation is 2. The van der Waals surface area contributed by atoms with Crippen LogP contribution in [0.1, 0.15) is 11.1 Å². The predicted octanol–water partition coefficient (Wildman–Crippen LogP) is 3.67. The largest absolute Gasteiger partial charge is 0.486 e. The molecule has 2 aliphatic rings. The SMILES string of the molecule is Cc1ccc(S(=O)(=O)N2CC(C(=O)Nc3ccc4c(c3)OCCO4)Oc3cc(C)ccc32)cc1. The molecule has 1 atom stereocenters. The van der Waals surface area contributed by atoms with E-state index in [0.29, 0.717) is 41.8 Å². The summed E-state index contributed by atoms with van der Waals surface area (Å²) in [6, 6.07) is 17.0. The van der Waals surface area contributed by atoms with Crippen molar-refractivity contribution in [2.45, 2.75) is 24.8 Å². The number of sulfonamides is 1. The van der Waals surface area contributed by atoms with E-state index in [2.05, 4.69) is 5.32 Å². The minimum atomic E-state index is -3.92. The van der Waals surface area contributed by atoms with Gasteiger partial charge < -0.3 is 19.5 Å². The summed E-state index contributed by atoms with van der Waals surface area (Å²) in [5.74, 6) is 1.02. The third-order valence-corrected chi connectivity index (χ3v) is 7.49. The summed E-state index contributed by atoms with van der Waals surface area (Å²) in [5, 5.41) is 2.81. The van der Waals surface area contributed by atoms with Crippen LogP contribution in [0, 0.1) is 13.8 Å². The van der Waals surface area contributed by atoms with Crippen LogP contribution in [0.25, 0.3) is 0 Å². The average Bonchev–Trinajstić information content (AvgIpc) is 2.83. The fourth-order valence-electron chi connectivity index (χ4n) is 3.91. The monoisotopic (exact) mass is 480 g/mol. The van der Waals surface area contributed by atoms with Crippen molar-refractivity contribution in [3.8, 4) is 17.2 Å². The second-order valence-corrected chi connectivity index (χ2v) is 10.1. The summed E-state index contributed by atoms with van der Waals surface area (Å²) in [4.78, 5) is 13.3. The van der Waals surface area contributed by atoms with Crippen molar-refractivity contribution in [1.82, 2.24) is 0 Å².